The minimum atomic E-state index is -0.463. The largest absolute Gasteiger partial charge is 0.463 e. The fourth-order valence-electron chi connectivity index (χ4n) is 1.56. The molecule has 0 amide bonds. The van der Waals surface area contributed by atoms with Gasteiger partial charge in [0.2, 0.25) is 0 Å². The van der Waals surface area contributed by atoms with Crippen LogP contribution in [0.5, 0.6) is 0 Å². The Bertz CT molecular complexity index is 659. The molecule has 2 aromatic rings. The van der Waals surface area contributed by atoms with Gasteiger partial charge in [0.1, 0.15) is 11.8 Å². The predicted octanol–water partition coefficient (Wildman–Crippen LogP) is 0.690. The summed E-state index contributed by atoms with van der Waals surface area (Å²) in [5.74, 6) is -0.463. The first-order chi connectivity index (χ1) is 8.72. The quantitative estimate of drug-likeness (QED) is 0.590. The lowest BCUT2D eigenvalue weighted by Crippen LogP contribution is -2.23. The van der Waals surface area contributed by atoms with Crippen molar-refractivity contribution in [2.45, 2.75) is 6.92 Å². The molecule has 0 aliphatic carbocycles. The predicted molar refractivity (Wildman–Crippen MR) is 65.9 cm³/mol. The van der Waals surface area contributed by atoms with Gasteiger partial charge >= 0.3 is 11.5 Å². The van der Waals surface area contributed by atoms with E-state index >= 15 is 0 Å². The molecule has 0 unspecified atom stereocenters. The number of aromatic amines is 1. The summed E-state index contributed by atoms with van der Waals surface area (Å²) in [7, 11) is 0. The molecule has 5 heteroatoms. The number of carbonyl (C=O) groups excluding carboxylic acids is 1. The van der Waals surface area contributed by atoms with Crippen molar-refractivity contribution in [1.29, 1.82) is 0 Å². The summed E-state index contributed by atoms with van der Waals surface area (Å²) in [5.41, 5.74) is 0.896. The molecule has 2 heterocycles. The maximum atomic E-state index is 12.0. The van der Waals surface area contributed by atoms with Crippen molar-refractivity contribution in [2.75, 3.05) is 6.61 Å². The van der Waals surface area contributed by atoms with E-state index in [2.05, 4.69) is 4.98 Å². The van der Waals surface area contributed by atoms with Gasteiger partial charge in [0, 0.05) is 12.1 Å². The standard InChI is InChI=1S/C13H12N2O3/c1-2-18-12(16)7-6-10-9-14-11-5-3-4-8-15(11)13(10)17/h3-9H,2H2,1H3/p+1/b7-6+. The van der Waals surface area contributed by atoms with Gasteiger partial charge in [-0.05, 0) is 19.1 Å². The minimum Gasteiger partial charge on any atom is -0.463 e. The number of ether oxygens (including phenoxy) is 1. The van der Waals surface area contributed by atoms with Crippen LogP contribution in [-0.4, -0.2) is 17.0 Å². The Labute approximate surface area is 103 Å². The second-order valence-corrected chi connectivity index (χ2v) is 3.59. The number of aromatic nitrogens is 2. The van der Waals surface area contributed by atoms with Crippen molar-refractivity contribution in [1.82, 2.24) is 4.40 Å². The summed E-state index contributed by atoms with van der Waals surface area (Å²) in [4.78, 5) is 26.2. The zero-order valence-corrected chi connectivity index (χ0v) is 9.92. The van der Waals surface area contributed by atoms with E-state index in [4.69, 9.17) is 4.74 Å². The molecule has 5 nitrogen and oxygen atoms in total. The molecule has 0 aromatic carbocycles. The highest BCUT2D eigenvalue weighted by Gasteiger charge is 2.07. The lowest BCUT2D eigenvalue weighted by Gasteiger charge is -1.95. The topological polar surface area (TPSA) is 61.9 Å². The van der Waals surface area contributed by atoms with Gasteiger partial charge in [0.25, 0.3) is 5.65 Å². The summed E-state index contributed by atoms with van der Waals surface area (Å²) in [6.07, 6.45) is 5.91. The number of carbonyl (C=O) groups is 1. The summed E-state index contributed by atoms with van der Waals surface area (Å²) in [5, 5.41) is 0. The van der Waals surface area contributed by atoms with Crippen molar-refractivity contribution in [3.63, 3.8) is 0 Å². The Kier molecular flexibility index (Phi) is 3.52. The first-order valence-corrected chi connectivity index (χ1v) is 5.59. The number of rotatable bonds is 3. The van der Waals surface area contributed by atoms with Crippen LogP contribution < -0.4 is 10.5 Å². The van der Waals surface area contributed by atoms with Crippen LogP contribution in [0, 0.1) is 0 Å². The highest BCUT2D eigenvalue weighted by molar-refractivity contribution is 5.86. The monoisotopic (exact) mass is 245 g/mol. The summed E-state index contributed by atoms with van der Waals surface area (Å²) < 4.78 is 6.22. The van der Waals surface area contributed by atoms with Gasteiger partial charge in [-0.3, -0.25) is 0 Å². The second kappa shape index (κ2) is 5.27. The van der Waals surface area contributed by atoms with Gasteiger partial charge in [-0.2, -0.15) is 4.40 Å². The number of esters is 1. The summed E-state index contributed by atoms with van der Waals surface area (Å²) in [6, 6.07) is 5.39. The Morgan fingerprint density at radius 2 is 2.33 bits per heavy atom. The van der Waals surface area contributed by atoms with Crippen molar-refractivity contribution in [3.05, 3.63) is 52.6 Å². The van der Waals surface area contributed by atoms with Gasteiger partial charge in [-0.1, -0.05) is 6.07 Å². The van der Waals surface area contributed by atoms with Gasteiger partial charge in [-0.25, -0.2) is 14.6 Å². The third-order valence-corrected chi connectivity index (χ3v) is 2.39. The fraction of sp³-hybridized carbons (Fsp3) is 0.154. The molecule has 0 spiro atoms. The van der Waals surface area contributed by atoms with E-state index in [1.54, 1.807) is 31.5 Å². The third-order valence-electron chi connectivity index (χ3n) is 2.39. The molecule has 0 fully saturated rings. The number of nitrogens with one attached hydrogen (secondary N) is 1. The van der Waals surface area contributed by atoms with Crippen LogP contribution in [0.25, 0.3) is 11.7 Å². The first-order valence-electron chi connectivity index (χ1n) is 5.59. The van der Waals surface area contributed by atoms with Crippen LogP contribution in [0.3, 0.4) is 0 Å². The number of H-pyrrole nitrogens is 1. The number of hydrogen-bond donors (Lipinski definition) is 0. The highest BCUT2D eigenvalue weighted by Crippen LogP contribution is 1.96. The van der Waals surface area contributed by atoms with Crippen molar-refractivity contribution < 1.29 is 14.5 Å². The molecule has 92 valence electrons. The minimum absolute atomic E-state index is 0.190. The van der Waals surface area contributed by atoms with E-state index in [1.165, 1.54) is 16.6 Å². The molecule has 2 aromatic heterocycles. The van der Waals surface area contributed by atoms with Crippen LogP contribution in [0.15, 0.2) is 41.5 Å². The van der Waals surface area contributed by atoms with Gasteiger partial charge in [0.05, 0.1) is 12.8 Å². The van der Waals surface area contributed by atoms with Crippen LogP contribution >= 0.6 is 0 Å². The Morgan fingerprint density at radius 1 is 1.50 bits per heavy atom. The van der Waals surface area contributed by atoms with Crippen LogP contribution in [0.2, 0.25) is 0 Å². The maximum Gasteiger partial charge on any atom is 0.349 e. The average molecular weight is 245 g/mol. The molecule has 0 bridgehead atoms. The number of nitrogens with zero attached hydrogens (tertiary/aromatic N) is 1. The van der Waals surface area contributed by atoms with Gasteiger partial charge in [0.15, 0.2) is 0 Å². The Morgan fingerprint density at radius 3 is 3.11 bits per heavy atom. The van der Waals surface area contributed by atoms with Crippen molar-refractivity contribution in [3.8, 4) is 0 Å². The van der Waals surface area contributed by atoms with E-state index in [1.807, 2.05) is 6.07 Å². The molecular formula is C13H13N2O3+. The van der Waals surface area contributed by atoms with E-state index < -0.39 is 5.97 Å². The maximum absolute atomic E-state index is 12.0. The van der Waals surface area contributed by atoms with Crippen molar-refractivity contribution >= 4 is 17.7 Å². The molecule has 0 saturated heterocycles. The smallest absolute Gasteiger partial charge is 0.349 e. The van der Waals surface area contributed by atoms with E-state index in [0.29, 0.717) is 17.8 Å². The van der Waals surface area contributed by atoms with Gasteiger partial charge < -0.3 is 4.74 Å². The fourth-order valence-corrected chi connectivity index (χ4v) is 1.56. The zero-order valence-electron chi connectivity index (χ0n) is 9.92. The van der Waals surface area contributed by atoms with E-state index in [-0.39, 0.29) is 5.56 Å². The van der Waals surface area contributed by atoms with Crippen LogP contribution in [0.1, 0.15) is 12.5 Å². The molecule has 0 radical (unpaired) electrons. The van der Waals surface area contributed by atoms with Crippen molar-refractivity contribution in [2.24, 2.45) is 0 Å². The van der Waals surface area contributed by atoms with E-state index in [9.17, 15) is 9.59 Å². The van der Waals surface area contributed by atoms with E-state index in [0.717, 1.165) is 0 Å². The number of hydrogen-bond acceptors (Lipinski definition) is 3. The molecule has 2 rings (SSSR count). The number of pyridine rings is 1. The van der Waals surface area contributed by atoms with Crippen LogP contribution in [-0.2, 0) is 9.53 Å². The van der Waals surface area contributed by atoms with Crippen LogP contribution in [0.4, 0.5) is 0 Å². The summed E-state index contributed by atoms with van der Waals surface area (Å²) >= 11 is 0. The molecule has 0 aliphatic heterocycles. The second-order valence-electron chi connectivity index (χ2n) is 3.59. The average Bonchev–Trinajstić information content (AvgIpc) is 2.39. The first kappa shape index (κ1) is 12.0. The Balaban J connectivity index is 2.38. The number of fused-ring (bicyclic) bond motifs is 1. The Hall–Kier alpha value is -2.43. The molecule has 0 saturated carbocycles. The molecular weight excluding hydrogens is 232 g/mol. The molecule has 0 atom stereocenters. The molecule has 18 heavy (non-hydrogen) atoms. The SMILES string of the molecule is CCOC(=O)/C=C/c1c[nH+]c2ccccn2c1=O. The lowest BCUT2D eigenvalue weighted by molar-refractivity contribution is -0.350. The van der Waals surface area contributed by atoms with Gasteiger partial charge in [-0.15, -0.1) is 0 Å². The normalized spacial score (nSPS) is 10.9. The molecule has 0 aliphatic rings. The third kappa shape index (κ3) is 2.45. The summed E-state index contributed by atoms with van der Waals surface area (Å²) in [6.45, 7) is 2.04. The zero-order chi connectivity index (χ0) is 13.0. The molecule has 1 N–H and O–H groups in total. The lowest BCUT2D eigenvalue weighted by atomic mass is 10.3. The highest BCUT2D eigenvalue weighted by atomic mass is 16.5.